The Morgan fingerprint density at radius 3 is 2.65 bits per heavy atom. The van der Waals surface area contributed by atoms with Crippen LogP contribution in [0.4, 0.5) is 4.39 Å². The number of allylic oxidation sites excluding steroid dienone is 2. The second-order valence-electron chi connectivity index (χ2n) is 8.05. The van der Waals surface area contributed by atoms with E-state index in [1.54, 1.807) is 32.2 Å². The van der Waals surface area contributed by atoms with Crippen LogP contribution in [0.2, 0.25) is 10.0 Å². The first-order valence-electron chi connectivity index (χ1n) is 11.1. The zero-order valence-electron chi connectivity index (χ0n) is 19.0. The van der Waals surface area contributed by atoms with Crippen molar-refractivity contribution in [1.29, 1.82) is 0 Å². The fraction of sp³-hybridized carbons (Fsp3) is 0.259. The first-order chi connectivity index (χ1) is 16.4. The molecule has 0 bridgehead atoms. The van der Waals surface area contributed by atoms with Gasteiger partial charge in [0.05, 0.1) is 22.9 Å². The van der Waals surface area contributed by atoms with Gasteiger partial charge in [-0.25, -0.2) is 9.18 Å². The highest BCUT2D eigenvalue weighted by molar-refractivity contribution is 6.31. The van der Waals surface area contributed by atoms with Crippen LogP contribution in [0.1, 0.15) is 58.9 Å². The number of esters is 1. The third-order valence-electron chi connectivity index (χ3n) is 5.81. The lowest BCUT2D eigenvalue weighted by atomic mass is 9.96. The molecule has 0 spiro atoms. The molecule has 0 saturated heterocycles. The number of aryl methyl sites for hydroxylation is 1. The SMILES string of the molecule is CCOC(=O)c1cc(C2=C(c3cc(Cl)ccc3OCc3ccc(F)cc3Cl)CCC2)cnc1C. The number of carbonyl (C=O) groups is 1. The summed E-state index contributed by atoms with van der Waals surface area (Å²) in [4.78, 5) is 16.9. The van der Waals surface area contributed by atoms with Crippen LogP contribution in [0.5, 0.6) is 5.75 Å². The third-order valence-corrected chi connectivity index (χ3v) is 6.40. The number of hydrogen-bond acceptors (Lipinski definition) is 4. The molecule has 0 saturated carbocycles. The summed E-state index contributed by atoms with van der Waals surface area (Å²) in [6.07, 6.45) is 4.44. The molecule has 7 heteroatoms. The van der Waals surface area contributed by atoms with Gasteiger partial charge >= 0.3 is 5.97 Å². The van der Waals surface area contributed by atoms with Gasteiger partial charge < -0.3 is 9.47 Å². The van der Waals surface area contributed by atoms with E-state index >= 15 is 0 Å². The molecule has 1 aliphatic rings. The van der Waals surface area contributed by atoms with Crippen molar-refractivity contribution in [2.24, 2.45) is 0 Å². The van der Waals surface area contributed by atoms with Crippen molar-refractivity contribution >= 4 is 40.3 Å². The topological polar surface area (TPSA) is 48.4 Å². The number of aromatic nitrogens is 1. The average molecular weight is 500 g/mol. The zero-order valence-corrected chi connectivity index (χ0v) is 20.5. The lowest BCUT2D eigenvalue weighted by Gasteiger charge is -2.16. The smallest absolute Gasteiger partial charge is 0.339 e. The minimum Gasteiger partial charge on any atom is -0.488 e. The summed E-state index contributed by atoms with van der Waals surface area (Å²) in [5, 5.41) is 0.906. The minimum absolute atomic E-state index is 0.190. The number of carbonyl (C=O) groups excluding carboxylic acids is 1. The Bertz CT molecular complexity index is 1270. The van der Waals surface area contributed by atoms with Crippen LogP contribution >= 0.6 is 23.2 Å². The van der Waals surface area contributed by atoms with E-state index in [0.717, 1.165) is 41.5 Å². The predicted octanol–water partition coefficient (Wildman–Crippen LogP) is 7.69. The van der Waals surface area contributed by atoms with Gasteiger partial charge in [0.25, 0.3) is 0 Å². The number of halogens is 3. The molecule has 0 atom stereocenters. The molecule has 4 rings (SSSR count). The van der Waals surface area contributed by atoms with E-state index in [1.165, 1.54) is 12.1 Å². The summed E-state index contributed by atoms with van der Waals surface area (Å²) in [6, 6.07) is 11.6. The van der Waals surface area contributed by atoms with Gasteiger partial charge in [-0.2, -0.15) is 0 Å². The molecule has 1 aliphatic carbocycles. The Morgan fingerprint density at radius 1 is 1.09 bits per heavy atom. The third kappa shape index (κ3) is 5.26. The van der Waals surface area contributed by atoms with Crippen molar-refractivity contribution in [1.82, 2.24) is 4.98 Å². The number of ether oxygens (including phenoxy) is 2. The van der Waals surface area contributed by atoms with Gasteiger partial charge in [0, 0.05) is 22.3 Å². The molecular weight excluding hydrogens is 476 g/mol. The lowest BCUT2D eigenvalue weighted by molar-refractivity contribution is 0.0525. The second kappa shape index (κ2) is 10.6. The van der Waals surface area contributed by atoms with E-state index in [4.69, 9.17) is 32.7 Å². The van der Waals surface area contributed by atoms with E-state index in [2.05, 4.69) is 4.98 Å². The van der Waals surface area contributed by atoms with Gasteiger partial charge in [-0.1, -0.05) is 29.3 Å². The fourth-order valence-corrected chi connectivity index (χ4v) is 4.53. The van der Waals surface area contributed by atoms with Gasteiger partial charge in [0.1, 0.15) is 18.2 Å². The Hall–Kier alpha value is -2.89. The van der Waals surface area contributed by atoms with Crippen LogP contribution in [0.15, 0.2) is 48.7 Å². The Balaban J connectivity index is 1.71. The predicted molar refractivity (Wildman–Crippen MR) is 133 cm³/mol. The molecule has 0 radical (unpaired) electrons. The highest BCUT2D eigenvalue weighted by Crippen LogP contribution is 2.44. The van der Waals surface area contributed by atoms with Gasteiger partial charge in [-0.3, -0.25) is 4.98 Å². The minimum atomic E-state index is -0.393. The normalized spacial score (nSPS) is 13.3. The number of pyridine rings is 1. The van der Waals surface area contributed by atoms with Crippen LogP contribution in [-0.4, -0.2) is 17.6 Å². The van der Waals surface area contributed by atoms with Crippen molar-refractivity contribution < 1.29 is 18.7 Å². The standard InChI is InChI=1S/C27H24Cl2FNO3/c1-3-33-27(32)23-11-18(14-31-16(23)2)21-5-4-6-22(21)24-12-19(28)8-10-26(24)34-15-17-7-9-20(30)13-25(17)29/h7-14H,3-6,15H2,1-2H3. The molecule has 4 nitrogen and oxygen atoms in total. The maximum Gasteiger partial charge on any atom is 0.339 e. The van der Waals surface area contributed by atoms with Crippen molar-refractivity contribution in [3.63, 3.8) is 0 Å². The van der Waals surface area contributed by atoms with Crippen molar-refractivity contribution in [3.05, 3.63) is 92.5 Å². The van der Waals surface area contributed by atoms with Crippen molar-refractivity contribution in [3.8, 4) is 5.75 Å². The Labute approximate surface area is 208 Å². The van der Waals surface area contributed by atoms with Crippen LogP contribution in [0, 0.1) is 12.7 Å². The highest BCUT2D eigenvalue weighted by Gasteiger charge is 2.23. The maximum absolute atomic E-state index is 13.4. The van der Waals surface area contributed by atoms with Crippen LogP contribution in [0.25, 0.3) is 11.1 Å². The van der Waals surface area contributed by atoms with Gasteiger partial charge in [-0.15, -0.1) is 0 Å². The number of nitrogens with zero attached hydrogens (tertiary/aromatic N) is 1. The first kappa shape index (κ1) is 24.2. The molecule has 0 N–H and O–H groups in total. The van der Waals surface area contributed by atoms with Crippen LogP contribution < -0.4 is 4.74 Å². The highest BCUT2D eigenvalue weighted by atomic mass is 35.5. The van der Waals surface area contributed by atoms with Crippen molar-refractivity contribution in [2.45, 2.75) is 39.7 Å². The second-order valence-corrected chi connectivity index (χ2v) is 8.90. The molecule has 176 valence electrons. The summed E-state index contributed by atoms with van der Waals surface area (Å²) in [5.41, 5.74) is 5.75. The van der Waals surface area contributed by atoms with Crippen LogP contribution in [-0.2, 0) is 11.3 Å². The van der Waals surface area contributed by atoms with Gasteiger partial charge in [0.15, 0.2) is 0 Å². The maximum atomic E-state index is 13.4. The molecule has 0 aliphatic heterocycles. The summed E-state index contributed by atoms with van der Waals surface area (Å²) in [6.45, 7) is 4.07. The zero-order chi connectivity index (χ0) is 24.2. The Kier molecular flexibility index (Phi) is 7.54. The van der Waals surface area contributed by atoms with E-state index in [0.29, 0.717) is 39.2 Å². The Morgan fingerprint density at radius 2 is 1.88 bits per heavy atom. The van der Waals surface area contributed by atoms with Gasteiger partial charge in [-0.05, 0) is 86.2 Å². The molecule has 1 aromatic heterocycles. The molecule has 1 heterocycles. The molecule has 0 amide bonds. The molecule has 0 unspecified atom stereocenters. The summed E-state index contributed by atoms with van der Waals surface area (Å²) in [7, 11) is 0. The summed E-state index contributed by atoms with van der Waals surface area (Å²) in [5.74, 6) is -0.113. The molecule has 0 fully saturated rings. The summed E-state index contributed by atoms with van der Waals surface area (Å²) < 4.78 is 24.7. The average Bonchev–Trinajstić information content (AvgIpc) is 3.29. The summed E-state index contributed by atoms with van der Waals surface area (Å²) >= 11 is 12.5. The number of hydrogen-bond donors (Lipinski definition) is 0. The first-order valence-corrected chi connectivity index (χ1v) is 11.9. The van der Waals surface area contributed by atoms with Gasteiger partial charge in [0.2, 0.25) is 0 Å². The quantitative estimate of drug-likeness (QED) is 0.312. The van der Waals surface area contributed by atoms with Crippen LogP contribution in [0.3, 0.4) is 0 Å². The molecular formula is C27H24Cl2FNO3. The monoisotopic (exact) mass is 499 g/mol. The molecule has 34 heavy (non-hydrogen) atoms. The lowest BCUT2D eigenvalue weighted by Crippen LogP contribution is -2.08. The largest absolute Gasteiger partial charge is 0.488 e. The molecule has 2 aromatic carbocycles. The van der Waals surface area contributed by atoms with E-state index in [-0.39, 0.29) is 12.6 Å². The van der Waals surface area contributed by atoms with E-state index in [9.17, 15) is 9.18 Å². The van der Waals surface area contributed by atoms with Crippen molar-refractivity contribution in [2.75, 3.05) is 6.61 Å². The number of rotatable bonds is 7. The van der Waals surface area contributed by atoms with E-state index < -0.39 is 5.82 Å². The number of benzene rings is 2. The fourth-order valence-electron chi connectivity index (χ4n) is 4.13. The molecule has 3 aromatic rings. The van der Waals surface area contributed by atoms with E-state index in [1.807, 2.05) is 18.2 Å².